The predicted octanol–water partition coefficient (Wildman–Crippen LogP) is 2.96. The number of nitrogens with one attached hydrogen (secondary N) is 1. The van der Waals surface area contributed by atoms with Crippen LogP contribution in [0, 0.1) is 0 Å². The molecule has 8 nitrogen and oxygen atoms in total. The van der Waals surface area contributed by atoms with Crippen molar-refractivity contribution < 1.29 is 14.6 Å². The first-order valence-electron chi connectivity index (χ1n) is 9.22. The molecule has 150 valence electrons. The number of phenols is 1. The Balaban J connectivity index is 1.53. The van der Waals surface area contributed by atoms with E-state index in [4.69, 9.17) is 4.74 Å². The van der Waals surface area contributed by atoms with Gasteiger partial charge in [0.1, 0.15) is 17.0 Å². The van der Waals surface area contributed by atoms with Gasteiger partial charge in [0.2, 0.25) is 0 Å². The van der Waals surface area contributed by atoms with Crippen molar-refractivity contribution in [3.63, 3.8) is 0 Å². The molecule has 30 heavy (non-hydrogen) atoms. The maximum atomic E-state index is 12.1. The van der Waals surface area contributed by atoms with Gasteiger partial charge in [0.25, 0.3) is 5.91 Å². The van der Waals surface area contributed by atoms with Crippen LogP contribution in [0.4, 0.5) is 0 Å². The van der Waals surface area contributed by atoms with E-state index in [0.717, 1.165) is 22.2 Å². The normalized spacial score (nSPS) is 11.1. The van der Waals surface area contributed by atoms with E-state index in [2.05, 4.69) is 20.8 Å². The van der Waals surface area contributed by atoms with Crippen LogP contribution in [-0.4, -0.2) is 39.3 Å². The molecule has 0 saturated heterocycles. The first-order chi connectivity index (χ1) is 14.7. The number of carbonyl (C=O) groups is 1. The molecule has 0 radical (unpaired) electrons. The summed E-state index contributed by atoms with van der Waals surface area (Å²) in [5, 5.41) is 22.1. The molecule has 2 N–H and O–H groups in total. The second-order valence-corrected chi connectivity index (χ2v) is 6.52. The highest BCUT2D eigenvalue weighted by Gasteiger charge is 2.10. The lowest BCUT2D eigenvalue weighted by atomic mass is 10.1. The Kier molecular flexibility index (Phi) is 5.38. The van der Waals surface area contributed by atoms with Gasteiger partial charge >= 0.3 is 0 Å². The van der Waals surface area contributed by atoms with Crippen LogP contribution in [0.1, 0.15) is 21.5 Å². The molecule has 0 bridgehead atoms. The van der Waals surface area contributed by atoms with E-state index >= 15 is 0 Å². The summed E-state index contributed by atoms with van der Waals surface area (Å²) in [6.45, 7) is 0.468. The molecule has 1 heterocycles. The third kappa shape index (κ3) is 3.97. The molecule has 0 aliphatic rings. The highest BCUT2D eigenvalue weighted by atomic mass is 16.5. The number of benzene rings is 3. The van der Waals surface area contributed by atoms with Gasteiger partial charge in [0.15, 0.2) is 0 Å². The van der Waals surface area contributed by atoms with E-state index in [1.807, 2.05) is 42.5 Å². The summed E-state index contributed by atoms with van der Waals surface area (Å²) >= 11 is 0. The van der Waals surface area contributed by atoms with Crippen molar-refractivity contribution in [1.82, 2.24) is 20.4 Å². The van der Waals surface area contributed by atoms with Gasteiger partial charge in [-0.15, -0.1) is 5.10 Å². The van der Waals surface area contributed by atoms with Crippen molar-refractivity contribution in [2.45, 2.75) is 6.54 Å². The molecule has 1 amide bonds. The highest BCUT2D eigenvalue weighted by molar-refractivity contribution is 5.97. The van der Waals surface area contributed by atoms with Crippen LogP contribution in [0.15, 0.2) is 71.8 Å². The second kappa shape index (κ2) is 8.44. The number of para-hydroxylation sites is 2. The maximum absolute atomic E-state index is 12.1. The van der Waals surface area contributed by atoms with Crippen LogP contribution in [0.5, 0.6) is 11.5 Å². The number of aromatic hydroxyl groups is 1. The van der Waals surface area contributed by atoms with Gasteiger partial charge in [-0.2, -0.15) is 5.10 Å². The molecule has 0 saturated carbocycles. The van der Waals surface area contributed by atoms with Gasteiger partial charge in [-0.1, -0.05) is 29.5 Å². The largest absolute Gasteiger partial charge is 0.507 e. The number of hydrogen-bond acceptors (Lipinski definition) is 6. The van der Waals surface area contributed by atoms with Crippen molar-refractivity contribution in [3.8, 4) is 11.5 Å². The molecule has 4 rings (SSSR count). The number of amides is 1. The predicted molar refractivity (Wildman–Crippen MR) is 113 cm³/mol. The summed E-state index contributed by atoms with van der Waals surface area (Å²) in [4.78, 5) is 12.1. The lowest BCUT2D eigenvalue weighted by Crippen LogP contribution is -2.17. The van der Waals surface area contributed by atoms with Gasteiger partial charge in [0.05, 0.1) is 30.9 Å². The number of phenolic OH excluding ortho intramolecular Hbond substituents is 1. The lowest BCUT2D eigenvalue weighted by molar-refractivity contribution is 0.0952. The Morgan fingerprint density at radius 3 is 2.80 bits per heavy atom. The number of ether oxygens (including phenoxy) is 1. The molecule has 0 aliphatic heterocycles. The maximum Gasteiger partial charge on any atom is 0.275 e. The minimum Gasteiger partial charge on any atom is -0.507 e. The van der Waals surface area contributed by atoms with E-state index < -0.39 is 5.91 Å². The Morgan fingerprint density at radius 2 is 1.97 bits per heavy atom. The molecule has 1 aromatic heterocycles. The summed E-state index contributed by atoms with van der Waals surface area (Å²) in [5.41, 5.74) is 5.98. The topological polar surface area (TPSA) is 102 Å². The Labute approximate surface area is 172 Å². The lowest BCUT2D eigenvalue weighted by Gasteiger charge is -2.10. The highest BCUT2D eigenvalue weighted by Crippen LogP contribution is 2.22. The van der Waals surface area contributed by atoms with Crippen molar-refractivity contribution in [2.24, 2.45) is 5.10 Å². The van der Waals surface area contributed by atoms with Crippen molar-refractivity contribution >= 4 is 23.2 Å². The van der Waals surface area contributed by atoms with Crippen LogP contribution in [0.2, 0.25) is 0 Å². The van der Waals surface area contributed by atoms with Gasteiger partial charge < -0.3 is 9.84 Å². The van der Waals surface area contributed by atoms with Crippen molar-refractivity contribution in [1.29, 1.82) is 0 Å². The molecular formula is C22H19N5O3. The molecular weight excluding hydrogens is 382 g/mol. The van der Waals surface area contributed by atoms with Crippen molar-refractivity contribution in [3.05, 3.63) is 83.4 Å². The summed E-state index contributed by atoms with van der Waals surface area (Å²) < 4.78 is 7.27. The van der Waals surface area contributed by atoms with Crippen LogP contribution < -0.4 is 10.2 Å². The first kappa shape index (κ1) is 19.1. The standard InChI is InChI=1S/C22H19N5O3/c1-30-21-11-10-15(13-23-25-22(29)17-6-2-5-9-20(17)28)12-16(21)14-27-19-8-4-3-7-18(19)24-26-27/h2-13,28H,14H2,1H3,(H,25,29)/b23-13+. The summed E-state index contributed by atoms with van der Waals surface area (Å²) in [5.74, 6) is 0.120. The van der Waals surface area contributed by atoms with Crippen LogP contribution in [-0.2, 0) is 6.54 Å². The number of nitrogens with zero attached hydrogens (tertiary/aromatic N) is 4. The molecule has 0 fully saturated rings. The monoisotopic (exact) mass is 401 g/mol. The van der Waals surface area contributed by atoms with E-state index in [0.29, 0.717) is 12.3 Å². The zero-order chi connectivity index (χ0) is 20.9. The van der Waals surface area contributed by atoms with E-state index in [1.54, 1.807) is 23.9 Å². The Bertz CT molecular complexity index is 1230. The summed E-state index contributed by atoms with van der Waals surface area (Å²) in [6, 6.07) is 19.6. The molecule has 0 aliphatic carbocycles. The summed E-state index contributed by atoms with van der Waals surface area (Å²) in [6.07, 6.45) is 1.53. The number of methoxy groups -OCH3 is 1. The fourth-order valence-electron chi connectivity index (χ4n) is 3.09. The second-order valence-electron chi connectivity index (χ2n) is 6.52. The molecule has 0 spiro atoms. The molecule has 3 aromatic carbocycles. The van der Waals surface area contributed by atoms with Crippen LogP contribution in [0.25, 0.3) is 11.0 Å². The SMILES string of the molecule is COc1ccc(/C=N/NC(=O)c2ccccc2O)cc1Cn1nnc2ccccc21. The minimum absolute atomic E-state index is 0.100. The van der Waals surface area contributed by atoms with Gasteiger partial charge in [-0.25, -0.2) is 10.1 Å². The van der Waals surface area contributed by atoms with Gasteiger partial charge in [-0.3, -0.25) is 4.79 Å². The van der Waals surface area contributed by atoms with E-state index in [9.17, 15) is 9.90 Å². The fourth-order valence-corrected chi connectivity index (χ4v) is 3.09. The van der Waals surface area contributed by atoms with E-state index in [-0.39, 0.29) is 11.3 Å². The molecule has 0 unspecified atom stereocenters. The number of hydrazone groups is 1. The van der Waals surface area contributed by atoms with Crippen molar-refractivity contribution in [2.75, 3.05) is 7.11 Å². The van der Waals surface area contributed by atoms with Crippen LogP contribution in [0.3, 0.4) is 0 Å². The van der Waals surface area contributed by atoms with Gasteiger partial charge in [-0.05, 0) is 48.0 Å². The Morgan fingerprint density at radius 1 is 1.17 bits per heavy atom. The quantitative estimate of drug-likeness (QED) is 0.382. The zero-order valence-electron chi connectivity index (χ0n) is 16.2. The smallest absolute Gasteiger partial charge is 0.275 e. The number of rotatable bonds is 6. The fraction of sp³-hybridized carbons (Fsp3) is 0.0909. The minimum atomic E-state index is -0.493. The Hall–Kier alpha value is -4.20. The third-order valence-electron chi connectivity index (χ3n) is 4.57. The van der Waals surface area contributed by atoms with E-state index in [1.165, 1.54) is 18.3 Å². The molecule has 0 atom stereocenters. The van der Waals surface area contributed by atoms with Crippen LogP contribution >= 0.6 is 0 Å². The number of carbonyl (C=O) groups excluding carboxylic acids is 1. The summed E-state index contributed by atoms with van der Waals surface area (Å²) in [7, 11) is 1.61. The average molecular weight is 401 g/mol. The molecule has 8 heteroatoms. The number of hydrogen-bond donors (Lipinski definition) is 2. The third-order valence-corrected chi connectivity index (χ3v) is 4.57. The zero-order valence-corrected chi connectivity index (χ0v) is 16.2. The average Bonchev–Trinajstić information content (AvgIpc) is 3.17. The number of aromatic nitrogens is 3. The first-order valence-corrected chi connectivity index (χ1v) is 9.22. The van der Waals surface area contributed by atoms with Gasteiger partial charge in [0, 0.05) is 5.56 Å². The molecule has 4 aromatic rings. The number of fused-ring (bicyclic) bond motifs is 1.